The van der Waals surface area contributed by atoms with Crippen LogP contribution in [-0.2, 0) is 16.0 Å². The highest BCUT2D eigenvalue weighted by molar-refractivity contribution is 7.99. The predicted octanol–water partition coefficient (Wildman–Crippen LogP) is 3.07. The largest absolute Gasteiger partial charge is 0.462 e. The monoisotopic (exact) mass is 236 g/mol. The molecular weight excluding hydrogens is 220 g/mol. The summed E-state index contributed by atoms with van der Waals surface area (Å²) in [5.74, 6) is 0.410. The summed E-state index contributed by atoms with van der Waals surface area (Å²) in [6, 6.07) is 8.44. The molecule has 0 fully saturated rings. The fourth-order valence-corrected chi connectivity index (χ4v) is 1.91. The van der Waals surface area contributed by atoms with Gasteiger partial charge < -0.3 is 4.74 Å². The van der Waals surface area contributed by atoms with Gasteiger partial charge in [0.15, 0.2) is 0 Å². The van der Waals surface area contributed by atoms with Crippen LogP contribution in [0.25, 0.3) is 0 Å². The van der Waals surface area contributed by atoms with Crippen molar-refractivity contribution in [2.75, 3.05) is 12.4 Å². The maximum Gasteiger partial charge on any atom is 0.330 e. The van der Waals surface area contributed by atoms with E-state index in [0.29, 0.717) is 6.61 Å². The second kappa shape index (κ2) is 7.12. The van der Waals surface area contributed by atoms with Crippen LogP contribution in [0.5, 0.6) is 0 Å². The number of hydrogen-bond donors (Lipinski definition) is 0. The van der Waals surface area contributed by atoms with Gasteiger partial charge >= 0.3 is 5.97 Å². The van der Waals surface area contributed by atoms with E-state index in [1.54, 1.807) is 11.8 Å². The molecule has 0 spiro atoms. The highest BCUT2D eigenvalue weighted by atomic mass is 32.2. The van der Waals surface area contributed by atoms with Gasteiger partial charge in [-0.15, -0.1) is 11.8 Å². The van der Waals surface area contributed by atoms with Crippen LogP contribution in [0, 0.1) is 0 Å². The number of rotatable bonds is 6. The summed E-state index contributed by atoms with van der Waals surface area (Å²) in [4.78, 5) is 12.0. The fourth-order valence-electron chi connectivity index (χ4n) is 1.18. The lowest BCUT2D eigenvalue weighted by Gasteiger charge is -2.03. The lowest BCUT2D eigenvalue weighted by molar-refractivity contribution is -0.137. The fraction of sp³-hybridized carbons (Fsp3) is 0.308. The van der Waals surface area contributed by atoms with E-state index in [9.17, 15) is 4.79 Å². The molecule has 0 heterocycles. The van der Waals surface area contributed by atoms with Gasteiger partial charge in [0.25, 0.3) is 0 Å². The zero-order valence-electron chi connectivity index (χ0n) is 9.44. The molecule has 0 bridgehead atoms. The molecule has 0 saturated heterocycles. The van der Waals surface area contributed by atoms with Crippen LogP contribution in [0.4, 0.5) is 0 Å². The van der Waals surface area contributed by atoms with E-state index in [0.717, 1.165) is 12.2 Å². The molecule has 0 aliphatic carbocycles. The Hall–Kier alpha value is -1.22. The number of carbonyl (C=O) groups is 1. The summed E-state index contributed by atoms with van der Waals surface area (Å²) in [7, 11) is 0. The molecule has 3 heteroatoms. The highest BCUT2D eigenvalue weighted by Crippen LogP contribution is 2.18. The molecule has 1 aromatic rings. The highest BCUT2D eigenvalue weighted by Gasteiger charge is 1.97. The van der Waals surface area contributed by atoms with E-state index in [2.05, 4.69) is 37.8 Å². The third kappa shape index (κ3) is 4.53. The molecule has 0 radical (unpaired) electrons. The van der Waals surface area contributed by atoms with Crippen molar-refractivity contribution in [2.45, 2.75) is 18.2 Å². The number of hydrogen-bond acceptors (Lipinski definition) is 3. The number of esters is 1. The molecule has 0 unspecified atom stereocenters. The van der Waals surface area contributed by atoms with Gasteiger partial charge in [-0.1, -0.05) is 25.6 Å². The molecular formula is C13H16O2S. The van der Waals surface area contributed by atoms with Gasteiger partial charge in [-0.2, -0.15) is 0 Å². The van der Waals surface area contributed by atoms with Gasteiger partial charge in [0.2, 0.25) is 0 Å². The van der Waals surface area contributed by atoms with Gasteiger partial charge in [0, 0.05) is 16.7 Å². The number of ether oxygens (including phenoxy) is 1. The third-order valence-electron chi connectivity index (χ3n) is 2.09. The molecule has 1 aromatic carbocycles. The van der Waals surface area contributed by atoms with E-state index in [4.69, 9.17) is 4.74 Å². The summed E-state index contributed by atoms with van der Waals surface area (Å²) < 4.78 is 4.88. The minimum atomic E-state index is -0.359. The lowest BCUT2D eigenvalue weighted by Crippen LogP contribution is -2.03. The SMILES string of the molecule is C=CC(=O)OCCSc1ccc(CC)cc1. The maximum atomic E-state index is 10.8. The lowest BCUT2D eigenvalue weighted by atomic mass is 10.2. The Labute approximate surface area is 101 Å². The van der Waals surface area contributed by atoms with E-state index >= 15 is 0 Å². The van der Waals surface area contributed by atoms with Gasteiger partial charge in [-0.3, -0.25) is 0 Å². The average Bonchev–Trinajstić information content (AvgIpc) is 2.35. The Morgan fingerprint density at radius 1 is 1.44 bits per heavy atom. The quantitative estimate of drug-likeness (QED) is 0.328. The molecule has 0 aromatic heterocycles. The van der Waals surface area contributed by atoms with Gasteiger partial charge in [0.05, 0.1) is 0 Å². The maximum absolute atomic E-state index is 10.8. The molecule has 0 aliphatic heterocycles. The summed E-state index contributed by atoms with van der Waals surface area (Å²) in [6.45, 7) is 5.89. The summed E-state index contributed by atoms with van der Waals surface area (Å²) in [6.07, 6.45) is 2.24. The summed E-state index contributed by atoms with van der Waals surface area (Å²) in [5, 5.41) is 0. The van der Waals surface area contributed by atoms with Crippen LogP contribution in [-0.4, -0.2) is 18.3 Å². The van der Waals surface area contributed by atoms with Crippen molar-refractivity contribution >= 4 is 17.7 Å². The van der Waals surface area contributed by atoms with Crippen molar-refractivity contribution in [1.82, 2.24) is 0 Å². The average molecular weight is 236 g/mol. The Kier molecular flexibility index (Phi) is 5.72. The standard InChI is InChI=1S/C13H16O2S/c1-3-11-5-7-12(8-6-11)16-10-9-15-13(14)4-2/h4-8H,2-3,9-10H2,1H3. The predicted molar refractivity (Wildman–Crippen MR) is 67.7 cm³/mol. The first-order chi connectivity index (χ1) is 7.76. The van der Waals surface area contributed by atoms with E-state index < -0.39 is 0 Å². The topological polar surface area (TPSA) is 26.3 Å². The second-order valence-electron chi connectivity index (χ2n) is 3.22. The van der Waals surface area contributed by atoms with Crippen molar-refractivity contribution in [2.24, 2.45) is 0 Å². The van der Waals surface area contributed by atoms with E-state index in [1.165, 1.54) is 16.5 Å². The van der Waals surface area contributed by atoms with Crippen molar-refractivity contribution in [3.63, 3.8) is 0 Å². The molecule has 0 saturated carbocycles. The first-order valence-corrected chi connectivity index (χ1v) is 6.25. The smallest absolute Gasteiger partial charge is 0.330 e. The van der Waals surface area contributed by atoms with Gasteiger partial charge in [-0.25, -0.2) is 4.79 Å². The van der Waals surface area contributed by atoms with Crippen LogP contribution in [0.1, 0.15) is 12.5 Å². The van der Waals surface area contributed by atoms with Crippen LogP contribution in [0.2, 0.25) is 0 Å². The van der Waals surface area contributed by atoms with Gasteiger partial charge in [-0.05, 0) is 24.1 Å². The normalized spacial score (nSPS) is 9.81. The van der Waals surface area contributed by atoms with Crippen molar-refractivity contribution in [3.05, 3.63) is 42.5 Å². The molecule has 0 aliphatic rings. The van der Waals surface area contributed by atoms with E-state index in [1.807, 2.05) is 0 Å². The molecule has 86 valence electrons. The number of benzene rings is 1. The minimum absolute atomic E-state index is 0.359. The van der Waals surface area contributed by atoms with Crippen LogP contribution < -0.4 is 0 Å². The summed E-state index contributed by atoms with van der Waals surface area (Å²) in [5.41, 5.74) is 1.34. The van der Waals surface area contributed by atoms with Crippen LogP contribution in [0.15, 0.2) is 41.8 Å². The molecule has 2 nitrogen and oxygen atoms in total. The Balaban J connectivity index is 2.26. The molecule has 0 N–H and O–H groups in total. The number of carbonyl (C=O) groups excluding carboxylic acids is 1. The Morgan fingerprint density at radius 2 is 2.12 bits per heavy atom. The Morgan fingerprint density at radius 3 is 2.69 bits per heavy atom. The van der Waals surface area contributed by atoms with Gasteiger partial charge in [0.1, 0.15) is 6.61 Å². The van der Waals surface area contributed by atoms with Crippen molar-refractivity contribution in [1.29, 1.82) is 0 Å². The number of thioether (sulfide) groups is 1. The first kappa shape index (κ1) is 12.8. The first-order valence-electron chi connectivity index (χ1n) is 5.27. The van der Waals surface area contributed by atoms with E-state index in [-0.39, 0.29) is 5.97 Å². The van der Waals surface area contributed by atoms with Crippen LogP contribution in [0.3, 0.4) is 0 Å². The third-order valence-corrected chi connectivity index (χ3v) is 3.07. The van der Waals surface area contributed by atoms with Crippen molar-refractivity contribution in [3.8, 4) is 0 Å². The Bertz CT molecular complexity index is 343. The minimum Gasteiger partial charge on any atom is -0.462 e. The van der Waals surface area contributed by atoms with Crippen LogP contribution >= 0.6 is 11.8 Å². The second-order valence-corrected chi connectivity index (χ2v) is 4.39. The molecule has 1 rings (SSSR count). The summed E-state index contributed by atoms with van der Waals surface area (Å²) >= 11 is 1.68. The number of aryl methyl sites for hydroxylation is 1. The van der Waals surface area contributed by atoms with Crippen molar-refractivity contribution < 1.29 is 9.53 Å². The zero-order valence-corrected chi connectivity index (χ0v) is 10.3. The molecule has 0 atom stereocenters. The molecule has 16 heavy (non-hydrogen) atoms. The molecule has 0 amide bonds. The zero-order chi connectivity index (χ0) is 11.8.